The standard InChI is InChI=1S/C12H26N6/c1-5-17(11(2)9-16(3)4)6-7-18-10-12(8-13)14-15-18/h10-11H,5-9,13H2,1-4H3. The van der Waals surface area contributed by atoms with Gasteiger partial charge in [0.1, 0.15) is 0 Å². The Morgan fingerprint density at radius 2 is 2.17 bits per heavy atom. The van der Waals surface area contributed by atoms with Crippen LogP contribution in [0.2, 0.25) is 0 Å². The van der Waals surface area contributed by atoms with Gasteiger partial charge in [0, 0.05) is 31.9 Å². The van der Waals surface area contributed by atoms with E-state index in [1.165, 1.54) is 0 Å². The predicted octanol–water partition coefficient (Wildman–Crippen LogP) is 0.00880. The lowest BCUT2D eigenvalue weighted by Gasteiger charge is -2.29. The first-order valence-corrected chi connectivity index (χ1v) is 6.54. The molecule has 0 saturated carbocycles. The van der Waals surface area contributed by atoms with E-state index < -0.39 is 0 Å². The smallest absolute Gasteiger partial charge is 0.0962 e. The molecular formula is C12H26N6. The highest BCUT2D eigenvalue weighted by molar-refractivity contribution is 4.90. The fourth-order valence-electron chi connectivity index (χ4n) is 2.11. The second-order valence-electron chi connectivity index (χ2n) is 4.92. The van der Waals surface area contributed by atoms with Gasteiger partial charge in [-0.2, -0.15) is 0 Å². The van der Waals surface area contributed by atoms with Crippen LogP contribution in [0.4, 0.5) is 0 Å². The van der Waals surface area contributed by atoms with Crippen molar-refractivity contribution in [2.75, 3.05) is 33.7 Å². The van der Waals surface area contributed by atoms with E-state index in [9.17, 15) is 0 Å². The zero-order valence-electron chi connectivity index (χ0n) is 12.0. The number of rotatable bonds is 8. The minimum absolute atomic E-state index is 0.453. The Bertz CT molecular complexity index is 335. The Labute approximate surface area is 110 Å². The van der Waals surface area contributed by atoms with Gasteiger partial charge in [0.2, 0.25) is 0 Å². The first-order valence-electron chi connectivity index (χ1n) is 6.54. The van der Waals surface area contributed by atoms with Gasteiger partial charge in [-0.15, -0.1) is 5.10 Å². The Morgan fingerprint density at radius 1 is 1.44 bits per heavy atom. The summed E-state index contributed by atoms with van der Waals surface area (Å²) in [6.07, 6.45) is 1.92. The quantitative estimate of drug-likeness (QED) is 0.708. The SMILES string of the molecule is CCN(CCn1cc(CN)nn1)C(C)CN(C)C. The van der Waals surface area contributed by atoms with Crippen LogP contribution in [-0.2, 0) is 13.1 Å². The number of aromatic nitrogens is 3. The summed E-state index contributed by atoms with van der Waals surface area (Å²) < 4.78 is 1.87. The molecule has 0 aliphatic heterocycles. The van der Waals surface area contributed by atoms with Gasteiger partial charge in [0.25, 0.3) is 0 Å². The Balaban J connectivity index is 2.43. The van der Waals surface area contributed by atoms with E-state index in [0.29, 0.717) is 12.6 Å². The first-order chi connectivity index (χ1) is 8.56. The summed E-state index contributed by atoms with van der Waals surface area (Å²) in [5.74, 6) is 0. The Hall–Kier alpha value is -0.980. The highest BCUT2D eigenvalue weighted by Gasteiger charge is 2.12. The molecule has 1 aromatic heterocycles. The summed E-state index contributed by atoms with van der Waals surface area (Å²) in [5, 5.41) is 8.06. The van der Waals surface area contributed by atoms with Gasteiger partial charge >= 0.3 is 0 Å². The van der Waals surface area contributed by atoms with Crippen molar-refractivity contribution in [2.45, 2.75) is 33.0 Å². The highest BCUT2D eigenvalue weighted by atomic mass is 15.4. The summed E-state index contributed by atoms with van der Waals surface area (Å²) in [5.41, 5.74) is 6.36. The molecule has 0 amide bonds. The minimum atomic E-state index is 0.453. The van der Waals surface area contributed by atoms with Crippen molar-refractivity contribution in [1.82, 2.24) is 24.8 Å². The van der Waals surface area contributed by atoms with Gasteiger partial charge in [0.15, 0.2) is 0 Å². The van der Waals surface area contributed by atoms with E-state index in [1.54, 1.807) is 0 Å². The Morgan fingerprint density at radius 3 is 2.67 bits per heavy atom. The average Bonchev–Trinajstić information content (AvgIpc) is 2.77. The van der Waals surface area contributed by atoms with Crippen LogP contribution < -0.4 is 5.73 Å². The summed E-state index contributed by atoms with van der Waals surface area (Å²) in [6, 6.07) is 0.544. The molecule has 1 heterocycles. The van der Waals surface area contributed by atoms with Crippen molar-refractivity contribution in [3.8, 4) is 0 Å². The number of nitrogens with two attached hydrogens (primary N) is 1. The average molecular weight is 254 g/mol. The van der Waals surface area contributed by atoms with Crippen LogP contribution in [0.1, 0.15) is 19.5 Å². The lowest BCUT2D eigenvalue weighted by atomic mass is 10.2. The molecule has 1 unspecified atom stereocenters. The van der Waals surface area contributed by atoms with E-state index in [-0.39, 0.29) is 0 Å². The van der Waals surface area contributed by atoms with Gasteiger partial charge in [-0.25, -0.2) is 0 Å². The fraction of sp³-hybridized carbons (Fsp3) is 0.833. The molecule has 0 aromatic carbocycles. The minimum Gasteiger partial charge on any atom is -0.325 e. The van der Waals surface area contributed by atoms with Gasteiger partial charge < -0.3 is 10.6 Å². The second kappa shape index (κ2) is 7.45. The number of hydrogen-bond donors (Lipinski definition) is 1. The molecule has 0 bridgehead atoms. The van der Waals surface area contributed by atoms with Gasteiger partial charge in [-0.05, 0) is 27.6 Å². The van der Waals surface area contributed by atoms with Crippen LogP contribution >= 0.6 is 0 Å². The zero-order valence-corrected chi connectivity index (χ0v) is 12.0. The molecule has 2 N–H and O–H groups in total. The maximum atomic E-state index is 5.52. The fourth-order valence-corrected chi connectivity index (χ4v) is 2.11. The van der Waals surface area contributed by atoms with Crippen LogP contribution in [0.15, 0.2) is 6.20 Å². The molecule has 1 aromatic rings. The molecule has 0 aliphatic rings. The number of hydrogen-bond acceptors (Lipinski definition) is 5. The molecule has 0 aliphatic carbocycles. The third-order valence-corrected chi connectivity index (χ3v) is 3.07. The topological polar surface area (TPSA) is 63.2 Å². The third-order valence-electron chi connectivity index (χ3n) is 3.07. The van der Waals surface area contributed by atoms with Gasteiger partial charge in [0.05, 0.1) is 12.2 Å². The third kappa shape index (κ3) is 4.72. The van der Waals surface area contributed by atoms with E-state index in [4.69, 9.17) is 5.73 Å². The van der Waals surface area contributed by atoms with Crippen LogP contribution in [0, 0.1) is 0 Å². The molecule has 6 heteroatoms. The molecule has 0 spiro atoms. The van der Waals surface area contributed by atoms with Gasteiger partial charge in [-0.1, -0.05) is 12.1 Å². The van der Waals surface area contributed by atoms with E-state index in [2.05, 4.69) is 48.1 Å². The normalized spacial score (nSPS) is 13.5. The lowest BCUT2D eigenvalue weighted by Crippen LogP contribution is -2.41. The molecule has 18 heavy (non-hydrogen) atoms. The zero-order chi connectivity index (χ0) is 13.5. The van der Waals surface area contributed by atoms with E-state index >= 15 is 0 Å². The molecular weight excluding hydrogens is 228 g/mol. The van der Waals surface area contributed by atoms with E-state index in [1.807, 2.05) is 10.9 Å². The van der Waals surface area contributed by atoms with Crippen molar-refractivity contribution in [3.63, 3.8) is 0 Å². The molecule has 1 rings (SSSR count). The molecule has 0 saturated heterocycles. The monoisotopic (exact) mass is 254 g/mol. The maximum absolute atomic E-state index is 5.52. The largest absolute Gasteiger partial charge is 0.325 e. The van der Waals surface area contributed by atoms with Crippen LogP contribution in [0.3, 0.4) is 0 Å². The van der Waals surface area contributed by atoms with E-state index in [0.717, 1.165) is 31.9 Å². The molecule has 6 nitrogen and oxygen atoms in total. The summed E-state index contributed by atoms with van der Waals surface area (Å²) in [6.45, 7) is 8.87. The molecule has 1 atom stereocenters. The van der Waals surface area contributed by atoms with Crippen molar-refractivity contribution >= 4 is 0 Å². The van der Waals surface area contributed by atoms with Crippen LogP contribution in [0.25, 0.3) is 0 Å². The molecule has 104 valence electrons. The second-order valence-corrected chi connectivity index (χ2v) is 4.92. The summed E-state index contributed by atoms with van der Waals surface area (Å²) >= 11 is 0. The van der Waals surface area contributed by atoms with Crippen molar-refractivity contribution in [1.29, 1.82) is 0 Å². The number of likely N-dealkylation sites (N-methyl/N-ethyl adjacent to an activating group) is 2. The van der Waals surface area contributed by atoms with Crippen LogP contribution in [-0.4, -0.2) is 64.6 Å². The number of nitrogens with zero attached hydrogens (tertiary/aromatic N) is 5. The predicted molar refractivity (Wildman–Crippen MR) is 73.2 cm³/mol. The van der Waals surface area contributed by atoms with Gasteiger partial charge in [-0.3, -0.25) is 9.58 Å². The van der Waals surface area contributed by atoms with Crippen molar-refractivity contribution in [3.05, 3.63) is 11.9 Å². The maximum Gasteiger partial charge on any atom is 0.0962 e. The highest BCUT2D eigenvalue weighted by Crippen LogP contribution is 2.01. The first kappa shape index (κ1) is 15.1. The van der Waals surface area contributed by atoms with Crippen LogP contribution in [0.5, 0.6) is 0 Å². The molecule has 0 radical (unpaired) electrons. The lowest BCUT2D eigenvalue weighted by molar-refractivity contribution is 0.173. The van der Waals surface area contributed by atoms with Crippen molar-refractivity contribution in [2.24, 2.45) is 5.73 Å². The molecule has 0 fully saturated rings. The summed E-state index contributed by atoms with van der Waals surface area (Å²) in [7, 11) is 4.21. The Kier molecular flexibility index (Phi) is 6.24. The van der Waals surface area contributed by atoms with Crippen molar-refractivity contribution < 1.29 is 0 Å². The summed E-state index contributed by atoms with van der Waals surface area (Å²) in [4.78, 5) is 4.67.